The second kappa shape index (κ2) is 5.44. The summed E-state index contributed by atoms with van der Waals surface area (Å²) in [6, 6.07) is 0.900. The Balaban J connectivity index is 1.91. The van der Waals surface area contributed by atoms with Crippen molar-refractivity contribution in [1.29, 1.82) is 0 Å². The fourth-order valence-electron chi connectivity index (χ4n) is 2.68. The molecular weight excluding hydrogens is 313 g/mol. The molecule has 0 aliphatic carbocycles. The van der Waals surface area contributed by atoms with E-state index in [1.807, 2.05) is 0 Å². The maximum atomic E-state index is 12.9. The van der Waals surface area contributed by atoms with Gasteiger partial charge >= 0.3 is 6.18 Å². The van der Waals surface area contributed by atoms with E-state index in [0.29, 0.717) is 25.1 Å². The predicted molar refractivity (Wildman–Crippen MR) is 73.5 cm³/mol. The van der Waals surface area contributed by atoms with Crippen LogP contribution in [0.3, 0.4) is 0 Å². The molecule has 1 fully saturated rings. The lowest BCUT2D eigenvalue weighted by Gasteiger charge is -2.38. The van der Waals surface area contributed by atoms with Crippen molar-refractivity contribution in [2.24, 2.45) is 0 Å². The van der Waals surface area contributed by atoms with Gasteiger partial charge in [-0.05, 0) is 25.8 Å². The lowest BCUT2D eigenvalue weighted by Crippen LogP contribution is -2.47. The van der Waals surface area contributed by atoms with E-state index in [-0.39, 0.29) is 18.2 Å². The third-order valence-corrected chi connectivity index (χ3v) is 3.78. The minimum atomic E-state index is -4.54. The molecule has 23 heavy (non-hydrogen) atoms. The number of anilines is 1. The second-order valence-corrected chi connectivity index (χ2v) is 5.60. The first-order valence-corrected chi connectivity index (χ1v) is 7.04. The van der Waals surface area contributed by atoms with E-state index >= 15 is 0 Å². The summed E-state index contributed by atoms with van der Waals surface area (Å²) in [4.78, 5) is 9.23. The Hall–Kier alpha value is -2.23. The average molecular weight is 328 g/mol. The van der Waals surface area contributed by atoms with Gasteiger partial charge in [0.2, 0.25) is 5.95 Å². The molecule has 0 saturated carbocycles. The quantitative estimate of drug-likeness (QED) is 0.866. The molecule has 0 radical (unpaired) electrons. The SMILES string of the molecule is Cc1cc(C(F)(F)F)nc(N2CCC[C@](O)(c3cn[nH]n3)C2)n1. The summed E-state index contributed by atoms with van der Waals surface area (Å²) in [6.07, 6.45) is -2.13. The number of halogens is 3. The van der Waals surface area contributed by atoms with Crippen LogP contribution in [0.15, 0.2) is 12.3 Å². The highest BCUT2D eigenvalue weighted by atomic mass is 19.4. The van der Waals surface area contributed by atoms with Crippen molar-refractivity contribution >= 4 is 5.95 Å². The Kier molecular flexibility index (Phi) is 3.71. The molecule has 0 unspecified atom stereocenters. The molecule has 0 aromatic carbocycles. The second-order valence-electron chi connectivity index (χ2n) is 5.60. The molecule has 1 saturated heterocycles. The highest BCUT2D eigenvalue weighted by Crippen LogP contribution is 2.33. The summed E-state index contributed by atoms with van der Waals surface area (Å²) < 4.78 is 38.7. The number of aromatic amines is 1. The van der Waals surface area contributed by atoms with Gasteiger partial charge in [-0.2, -0.15) is 28.6 Å². The predicted octanol–water partition coefficient (Wildman–Crippen LogP) is 1.41. The van der Waals surface area contributed by atoms with Crippen molar-refractivity contribution in [1.82, 2.24) is 25.4 Å². The molecule has 1 atom stereocenters. The first kappa shape index (κ1) is 15.7. The van der Waals surface area contributed by atoms with Gasteiger partial charge < -0.3 is 10.0 Å². The van der Waals surface area contributed by atoms with Gasteiger partial charge in [0.05, 0.1) is 12.7 Å². The standard InChI is InChI=1S/C13H15F3N6O/c1-8-5-9(13(14,15)16)19-11(18-8)22-4-2-3-12(23,7-22)10-6-17-21-20-10/h5-6,23H,2-4,7H2,1H3,(H,17,20,21)/t12-/m1/s1. The van der Waals surface area contributed by atoms with Gasteiger partial charge in [0, 0.05) is 12.2 Å². The zero-order valence-corrected chi connectivity index (χ0v) is 12.3. The largest absolute Gasteiger partial charge is 0.433 e. The normalized spacial score (nSPS) is 22.4. The molecule has 2 aromatic rings. The minimum Gasteiger partial charge on any atom is -0.382 e. The Morgan fingerprint density at radius 3 is 2.78 bits per heavy atom. The van der Waals surface area contributed by atoms with Crippen molar-refractivity contribution in [3.63, 3.8) is 0 Å². The molecule has 2 aromatic heterocycles. The van der Waals surface area contributed by atoms with Gasteiger partial charge in [-0.3, -0.25) is 0 Å². The molecule has 124 valence electrons. The van der Waals surface area contributed by atoms with Crippen LogP contribution < -0.4 is 4.90 Å². The molecule has 10 heteroatoms. The van der Waals surface area contributed by atoms with Crippen LogP contribution in [0.1, 0.15) is 29.9 Å². The minimum absolute atomic E-state index is 0.0426. The number of alkyl halides is 3. The zero-order valence-electron chi connectivity index (χ0n) is 12.3. The third kappa shape index (κ3) is 3.11. The maximum absolute atomic E-state index is 12.9. The first-order chi connectivity index (χ1) is 10.8. The summed E-state index contributed by atoms with van der Waals surface area (Å²) >= 11 is 0. The summed E-state index contributed by atoms with van der Waals surface area (Å²) in [5, 5.41) is 20.7. The number of H-pyrrole nitrogens is 1. The molecule has 2 N–H and O–H groups in total. The van der Waals surface area contributed by atoms with E-state index in [1.165, 1.54) is 13.1 Å². The molecule has 0 bridgehead atoms. The number of rotatable bonds is 2. The van der Waals surface area contributed by atoms with Crippen LogP contribution in [0.25, 0.3) is 0 Å². The molecular formula is C13H15F3N6O. The Labute approximate surface area is 129 Å². The van der Waals surface area contributed by atoms with Crippen molar-refractivity contribution < 1.29 is 18.3 Å². The summed E-state index contributed by atoms with van der Waals surface area (Å²) in [5.41, 5.74) is -1.71. The number of nitrogens with one attached hydrogen (secondary N) is 1. The molecule has 3 heterocycles. The Morgan fingerprint density at radius 2 is 2.13 bits per heavy atom. The van der Waals surface area contributed by atoms with E-state index in [4.69, 9.17) is 0 Å². The van der Waals surface area contributed by atoms with Crippen LogP contribution in [0.5, 0.6) is 0 Å². The number of nitrogens with zero attached hydrogens (tertiary/aromatic N) is 5. The fraction of sp³-hybridized carbons (Fsp3) is 0.538. The van der Waals surface area contributed by atoms with Gasteiger partial charge in [-0.25, -0.2) is 9.97 Å². The molecule has 1 aliphatic rings. The topological polar surface area (TPSA) is 90.8 Å². The number of piperidine rings is 1. The summed E-state index contributed by atoms with van der Waals surface area (Å²) in [7, 11) is 0. The average Bonchev–Trinajstić information content (AvgIpc) is 3.01. The summed E-state index contributed by atoms with van der Waals surface area (Å²) in [6.45, 7) is 2.00. The smallest absolute Gasteiger partial charge is 0.382 e. The number of aliphatic hydroxyl groups is 1. The number of aromatic nitrogens is 5. The molecule has 7 nitrogen and oxygen atoms in total. The number of hydrogen-bond acceptors (Lipinski definition) is 6. The van der Waals surface area contributed by atoms with Crippen molar-refractivity contribution in [2.75, 3.05) is 18.0 Å². The zero-order chi connectivity index (χ0) is 16.7. The van der Waals surface area contributed by atoms with Crippen LogP contribution in [-0.4, -0.2) is 43.6 Å². The monoisotopic (exact) mass is 328 g/mol. The number of β-amino-alcohol motifs (C(OH)–C–C–N with tert-alkyl or cyclic N) is 1. The van der Waals surface area contributed by atoms with Crippen molar-refractivity contribution in [2.45, 2.75) is 31.5 Å². The van der Waals surface area contributed by atoms with E-state index in [9.17, 15) is 18.3 Å². The van der Waals surface area contributed by atoms with Crippen molar-refractivity contribution in [3.05, 3.63) is 29.3 Å². The highest BCUT2D eigenvalue weighted by Gasteiger charge is 2.39. The van der Waals surface area contributed by atoms with E-state index in [1.54, 1.807) is 4.90 Å². The first-order valence-electron chi connectivity index (χ1n) is 7.04. The Bertz CT molecular complexity index is 690. The van der Waals surface area contributed by atoms with Crippen LogP contribution >= 0.6 is 0 Å². The lowest BCUT2D eigenvalue weighted by atomic mass is 9.90. The van der Waals surface area contributed by atoms with Gasteiger partial charge in [-0.15, -0.1) is 0 Å². The van der Waals surface area contributed by atoms with Crippen LogP contribution in [0.2, 0.25) is 0 Å². The van der Waals surface area contributed by atoms with Crippen LogP contribution in [0, 0.1) is 6.92 Å². The number of hydrogen-bond donors (Lipinski definition) is 2. The van der Waals surface area contributed by atoms with Gasteiger partial charge in [-0.1, -0.05) is 0 Å². The van der Waals surface area contributed by atoms with Crippen molar-refractivity contribution in [3.8, 4) is 0 Å². The van der Waals surface area contributed by atoms with Crippen LogP contribution in [0.4, 0.5) is 19.1 Å². The lowest BCUT2D eigenvalue weighted by molar-refractivity contribution is -0.141. The van der Waals surface area contributed by atoms with E-state index < -0.39 is 17.5 Å². The molecule has 3 rings (SSSR count). The third-order valence-electron chi connectivity index (χ3n) is 3.78. The fourth-order valence-corrected chi connectivity index (χ4v) is 2.68. The maximum Gasteiger partial charge on any atom is 0.433 e. The highest BCUT2D eigenvalue weighted by molar-refractivity contribution is 5.35. The van der Waals surface area contributed by atoms with E-state index in [0.717, 1.165) is 6.07 Å². The number of aryl methyl sites for hydroxylation is 1. The summed E-state index contributed by atoms with van der Waals surface area (Å²) in [5.74, 6) is -0.0426. The van der Waals surface area contributed by atoms with Gasteiger partial charge in [0.25, 0.3) is 0 Å². The molecule has 0 spiro atoms. The van der Waals surface area contributed by atoms with Gasteiger partial charge in [0.1, 0.15) is 17.0 Å². The van der Waals surface area contributed by atoms with Crippen LogP contribution in [-0.2, 0) is 11.8 Å². The molecule has 0 amide bonds. The molecule has 1 aliphatic heterocycles. The Morgan fingerprint density at radius 1 is 1.35 bits per heavy atom. The van der Waals surface area contributed by atoms with E-state index in [2.05, 4.69) is 25.4 Å². The van der Waals surface area contributed by atoms with Gasteiger partial charge in [0.15, 0.2) is 0 Å².